The lowest BCUT2D eigenvalue weighted by molar-refractivity contribution is 0.564. The van der Waals surface area contributed by atoms with Crippen LogP contribution in [0.3, 0.4) is 0 Å². The molecule has 0 aliphatic heterocycles. The number of fused-ring (bicyclic) bond motifs is 1. The molecule has 0 bridgehead atoms. The molecule has 0 radical (unpaired) electrons. The minimum absolute atomic E-state index is 0.333. The van der Waals surface area contributed by atoms with Crippen LogP contribution in [0.2, 0.25) is 0 Å². The van der Waals surface area contributed by atoms with E-state index in [4.69, 9.17) is 0 Å². The quantitative estimate of drug-likeness (QED) is 0.788. The summed E-state index contributed by atoms with van der Waals surface area (Å²) in [7, 11) is 0. The van der Waals surface area contributed by atoms with E-state index in [0.717, 1.165) is 17.2 Å². The second-order valence-electron chi connectivity index (χ2n) is 5.21. The van der Waals surface area contributed by atoms with Gasteiger partial charge in [0.05, 0.1) is 11.4 Å². The van der Waals surface area contributed by atoms with E-state index in [9.17, 15) is 0 Å². The molecule has 104 valence electrons. The molecule has 0 saturated heterocycles. The van der Waals surface area contributed by atoms with Gasteiger partial charge < -0.3 is 5.32 Å². The van der Waals surface area contributed by atoms with Crippen LogP contribution >= 0.6 is 11.3 Å². The summed E-state index contributed by atoms with van der Waals surface area (Å²) in [5.41, 5.74) is 4.98. The summed E-state index contributed by atoms with van der Waals surface area (Å²) in [5, 5.41) is 5.67. The van der Waals surface area contributed by atoms with Crippen molar-refractivity contribution < 1.29 is 0 Å². The molecule has 1 N–H and O–H groups in total. The summed E-state index contributed by atoms with van der Waals surface area (Å²) in [4.78, 5) is 5.65. The zero-order valence-electron chi connectivity index (χ0n) is 12.1. The first-order valence-corrected chi connectivity index (χ1v) is 7.74. The predicted molar refractivity (Wildman–Crippen MR) is 84.2 cm³/mol. The van der Waals surface area contributed by atoms with Crippen molar-refractivity contribution in [2.24, 2.45) is 0 Å². The van der Waals surface area contributed by atoms with Crippen LogP contribution in [0.1, 0.15) is 35.5 Å². The molecule has 1 aromatic carbocycles. The average molecular weight is 285 g/mol. The molecule has 1 unspecified atom stereocenters. The summed E-state index contributed by atoms with van der Waals surface area (Å²) in [6.45, 7) is 7.22. The zero-order chi connectivity index (χ0) is 14.1. The second-order valence-corrected chi connectivity index (χ2v) is 6.09. The summed E-state index contributed by atoms with van der Waals surface area (Å²) >= 11 is 1.68. The van der Waals surface area contributed by atoms with Crippen LogP contribution in [0.25, 0.3) is 4.96 Å². The lowest BCUT2D eigenvalue weighted by Crippen LogP contribution is -2.19. The van der Waals surface area contributed by atoms with Gasteiger partial charge in [0.25, 0.3) is 0 Å². The van der Waals surface area contributed by atoms with Gasteiger partial charge in [-0.3, -0.25) is 4.40 Å². The van der Waals surface area contributed by atoms with E-state index in [1.54, 1.807) is 11.3 Å². The third-order valence-electron chi connectivity index (χ3n) is 3.71. The lowest BCUT2D eigenvalue weighted by atomic mass is 10.1. The number of imidazole rings is 1. The summed E-state index contributed by atoms with van der Waals surface area (Å²) < 4.78 is 2.18. The fourth-order valence-electron chi connectivity index (χ4n) is 2.38. The molecule has 0 fully saturated rings. The van der Waals surface area contributed by atoms with E-state index in [2.05, 4.69) is 71.3 Å². The normalized spacial score (nSPS) is 12.9. The van der Waals surface area contributed by atoms with E-state index in [0.29, 0.717) is 6.04 Å². The van der Waals surface area contributed by atoms with E-state index in [1.807, 2.05) is 0 Å². The SMILES string of the molecule is Cc1ccc(C(C)NCc2c(C)nc3sccn23)cc1. The smallest absolute Gasteiger partial charge is 0.194 e. The maximum atomic E-state index is 4.58. The van der Waals surface area contributed by atoms with Gasteiger partial charge >= 0.3 is 0 Å². The van der Waals surface area contributed by atoms with Gasteiger partial charge in [0.2, 0.25) is 0 Å². The molecular weight excluding hydrogens is 266 g/mol. The highest BCUT2D eigenvalue weighted by atomic mass is 32.1. The molecule has 0 aliphatic carbocycles. The van der Waals surface area contributed by atoms with Crippen LogP contribution in [0, 0.1) is 13.8 Å². The van der Waals surface area contributed by atoms with Crippen molar-refractivity contribution in [2.45, 2.75) is 33.4 Å². The Bertz CT molecular complexity index is 709. The second kappa shape index (κ2) is 5.38. The van der Waals surface area contributed by atoms with Crippen LogP contribution < -0.4 is 5.32 Å². The fourth-order valence-corrected chi connectivity index (χ4v) is 3.16. The van der Waals surface area contributed by atoms with E-state index >= 15 is 0 Å². The van der Waals surface area contributed by atoms with Gasteiger partial charge in [0.1, 0.15) is 0 Å². The number of hydrogen-bond acceptors (Lipinski definition) is 3. The monoisotopic (exact) mass is 285 g/mol. The van der Waals surface area contributed by atoms with Crippen LogP contribution in [0.5, 0.6) is 0 Å². The Morgan fingerprint density at radius 3 is 2.75 bits per heavy atom. The minimum atomic E-state index is 0.333. The number of benzene rings is 1. The topological polar surface area (TPSA) is 29.3 Å². The first-order chi connectivity index (χ1) is 9.65. The largest absolute Gasteiger partial charge is 0.305 e. The highest BCUT2D eigenvalue weighted by molar-refractivity contribution is 7.15. The first-order valence-electron chi connectivity index (χ1n) is 6.86. The molecule has 0 aliphatic rings. The van der Waals surface area contributed by atoms with Crippen LogP contribution in [0.4, 0.5) is 0 Å². The summed E-state index contributed by atoms with van der Waals surface area (Å²) in [6, 6.07) is 9.04. The van der Waals surface area contributed by atoms with Crippen molar-refractivity contribution in [2.75, 3.05) is 0 Å². The van der Waals surface area contributed by atoms with Crippen LogP contribution in [-0.2, 0) is 6.54 Å². The molecule has 3 aromatic rings. The number of thiazole rings is 1. The van der Waals surface area contributed by atoms with Gasteiger partial charge in [-0.15, -0.1) is 11.3 Å². The first kappa shape index (κ1) is 13.3. The Labute approximate surface area is 123 Å². The Morgan fingerprint density at radius 2 is 2.00 bits per heavy atom. The van der Waals surface area contributed by atoms with E-state index in [1.165, 1.54) is 16.8 Å². The molecule has 0 saturated carbocycles. The fraction of sp³-hybridized carbons (Fsp3) is 0.312. The van der Waals surface area contributed by atoms with Gasteiger partial charge in [-0.05, 0) is 26.3 Å². The van der Waals surface area contributed by atoms with Crippen LogP contribution in [-0.4, -0.2) is 9.38 Å². The van der Waals surface area contributed by atoms with Crippen molar-refractivity contribution in [1.29, 1.82) is 0 Å². The highest BCUT2D eigenvalue weighted by Crippen LogP contribution is 2.18. The Kier molecular flexibility index (Phi) is 3.59. The van der Waals surface area contributed by atoms with Gasteiger partial charge in [0, 0.05) is 24.2 Å². The predicted octanol–water partition coefficient (Wildman–Crippen LogP) is 3.86. The summed E-state index contributed by atoms with van der Waals surface area (Å²) in [6.07, 6.45) is 2.09. The molecular formula is C16H19N3S. The summed E-state index contributed by atoms with van der Waals surface area (Å²) in [5.74, 6) is 0. The van der Waals surface area contributed by atoms with E-state index < -0.39 is 0 Å². The number of hydrogen-bond donors (Lipinski definition) is 1. The van der Waals surface area contributed by atoms with Gasteiger partial charge in [0.15, 0.2) is 4.96 Å². The Hall–Kier alpha value is -1.65. The molecule has 1 atom stereocenters. The van der Waals surface area contributed by atoms with Crippen LogP contribution in [0.15, 0.2) is 35.8 Å². The minimum Gasteiger partial charge on any atom is -0.305 e. The number of aromatic nitrogens is 2. The third-order valence-corrected chi connectivity index (χ3v) is 4.47. The number of nitrogens with one attached hydrogen (secondary N) is 1. The molecule has 2 aromatic heterocycles. The zero-order valence-corrected chi connectivity index (χ0v) is 12.9. The van der Waals surface area contributed by atoms with Crippen molar-refractivity contribution in [3.05, 3.63) is 58.4 Å². The number of aryl methyl sites for hydroxylation is 2. The van der Waals surface area contributed by atoms with Crippen molar-refractivity contribution in [3.63, 3.8) is 0 Å². The third kappa shape index (κ3) is 2.49. The molecule has 4 heteroatoms. The Balaban J connectivity index is 1.74. The molecule has 3 nitrogen and oxygen atoms in total. The van der Waals surface area contributed by atoms with E-state index in [-0.39, 0.29) is 0 Å². The van der Waals surface area contributed by atoms with Gasteiger partial charge in [-0.2, -0.15) is 0 Å². The molecule has 3 rings (SSSR count). The number of rotatable bonds is 4. The lowest BCUT2D eigenvalue weighted by Gasteiger charge is -2.14. The average Bonchev–Trinajstić information content (AvgIpc) is 2.98. The maximum Gasteiger partial charge on any atom is 0.194 e. The van der Waals surface area contributed by atoms with Gasteiger partial charge in [-0.1, -0.05) is 29.8 Å². The molecule has 2 heterocycles. The van der Waals surface area contributed by atoms with Crippen molar-refractivity contribution >= 4 is 16.3 Å². The van der Waals surface area contributed by atoms with Crippen molar-refractivity contribution in [3.8, 4) is 0 Å². The molecule has 0 amide bonds. The van der Waals surface area contributed by atoms with Crippen molar-refractivity contribution in [1.82, 2.24) is 14.7 Å². The molecule has 0 spiro atoms. The highest BCUT2D eigenvalue weighted by Gasteiger charge is 2.11. The van der Waals surface area contributed by atoms with Gasteiger partial charge in [-0.25, -0.2) is 4.98 Å². The number of nitrogens with zero attached hydrogens (tertiary/aromatic N) is 2. The maximum absolute atomic E-state index is 4.58. The standard InChI is InChI=1S/C16H19N3S/c1-11-4-6-14(7-5-11)12(2)17-10-15-13(3)18-16-19(15)8-9-20-16/h4-9,12,17H,10H2,1-3H3. The molecule has 20 heavy (non-hydrogen) atoms. The Morgan fingerprint density at radius 1 is 1.25 bits per heavy atom.